The van der Waals surface area contributed by atoms with Crippen LogP contribution in [-0.2, 0) is 10.8 Å². The number of hydrogen-bond donors (Lipinski definition) is 0. The van der Waals surface area contributed by atoms with Crippen molar-refractivity contribution in [3.8, 4) is 0 Å². The average molecular weight is 234 g/mol. The van der Waals surface area contributed by atoms with E-state index in [0.717, 1.165) is 5.75 Å². The summed E-state index contributed by atoms with van der Waals surface area (Å²) in [7, 11) is 2.58. The maximum atomic E-state index is 11.1. The van der Waals surface area contributed by atoms with Crippen LogP contribution in [0, 0.1) is 0 Å². The first-order valence-corrected chi connectivity index (χ1v) is 7.68. The van der Waals surface area contributed by atoms with Gasteiger partial charge in [0.25, 0.3) is 0 Å². The van der Waals surface area contributed by atoms with Gasteiger partial charge in [0.05, 0.1) is 0 Å². The second-order valence-electron chi connectivity index (χ2n) is 2.10. The van der Waals surface area contributed by atoms with Gasteiger partial charge in [-0.25, -0.2) is 0 Å². The smallest absolute Gasteiger partial charge is 0.0426 e. The van der Waals surface area contributed by atoms with E-state index in [-0.39, 0.29) is 0 Å². The monoisotopic (exact) mass is 234 g/mol. The largest absolute Gasteiger partial charge is 0.259 e. The minimum Gasteiger partial charge on any atom is -0.259 e. The standard InChI is InChI=1S/C9H14OS3/c1-3-6-11-12-7-5-9-13(10)8-4-2/h3-5,7H,1-2,6,8-9H2/b7-5+/t13-/m1/s1. The van der Waals surface area contributed by atoms with E-state index in [4.69, 9.17) is 0 Å². The van der Waals surface area contributed by atoms with Crippen LogP contribution in [0.25, 0.3) is 0 Å². The summed E-state index contributed by atoms with van der Waals surface area (Å²) in [4.78, 5) is 0. The summed E-state index contributed by atoms with van der Waals surface area (Å²) in [6.07, 6.45) is 5.48. The molecule has 0 unspecified atom stereocenters. The van der Waals surface area contributed by atoms with Gasteiger partial charge in [-0.1, -0.05) is 39.8 Å². The molecule has 0 N–H and O–H groups in total. The van der Waals surface area contributed by atoms with Gasteiger partial charge < -0.3 is 0 Å². The van der Waals surface area contributed by atoms with Crippen LogP contribution in [0.5, 0.6) is 0 Å². The molecular formula is C9H14OS3. The fourth-order valence-electron chi connectivity index (χ4n) is 0.512. The minimum atomic E-state index is -0.775. The van der Waals surface area contributed by atoms with Crippen LogP contribution in [0.2, 0.25) is 0 Å². The summed E-state index contributed by atoms with van der Waals surface area (Å²) in [5, 5.41) is 1.97. The Hall–Kier alpha value is 0.0700. The zero-order valence-electron chi connectivity index (χ0n) is 7.48. The Morgan fingerprint density at radius 2 is 2.00 bits per heavy atom. The molecule has 0 radical (unpaired) electrons. The lowest BCUT2D eigenvalue weighted by atomic mass is 10.8. The summed E-state index contributed by atoms with van der Waals surface area (Å²) >= 11 is 0. The molecule has 0 fully saturated rings. The molecule has 0 aliphatic heterocycles. The van der Waals surface area contributed by atoms with Crippen molar-refractivity contribution in [1.29, 1.82) is 0 Å². The summed E-state index contributed by atoms with van der Waals surface area (Å²) in [6.45, 7) is 7.14. The molecule has 0 aliphatic carbocycles. The Labute approximate surface area is 90.6 Å². The SMILES string of the molecule is C=CCSS/C=C/C[S@](=O)CC=C. The molecule has 0 heterocycles. The third-order valence-electron chi connectivity index (χ3n) is 0.992. The van der Waals surface area contributed by atoms with Gasteiger partial charge in [0, 0.05) is 28.1 Å². The van der Waals surface area contributed by atoms with Crippen molar-refractivity contribution in [2.24, 2.45) is 0 Å². The van der Waals surface area contributed by atoms with Gasteiger partial charge in [-0.15, -0.1) is 13.2 Å². The maximum Gasteiger partial charge on any atom is 0.0426 e. The predicted molar refractivity (Wildman–Crippen MR) is 67.5 cm³/mol. The lowest BCUT2D eigenvalue weighted by Gasteiger charge is -1.91. The van der Waals surface area contributed by atoms with Crippen LogP contribution in [0.4, 0.5) is 0 Å². The van der Waals surface area contributed by atoms with Gasteiger partial charge in [-0.3, -0.25) is 4.21 Å². The first-order chi connectivity index (χ1) is 6.31. The second kappa shape index (κ2) is 10.2. The van der Waals surface area contributed by atoms with E-state index >= 15 is 0 Å². The highest BCUT2D eigenvalue weighted by Crippen LogP contribution is 2.21. The second-order valence-corrected chi connectivity index (χ2v) is 5.97. The molecule has 0 spiro atoms. The first-order valence-electron chi connectivity index (χ1n) is 3.81. The molecule has 74 valence electrons. The number of hydrogen-bond acceptors (Lipinski definition) is 3. The van der Waals surface area contributed by atoms with E-state index in [1.165, 1.54) is 0 Å². The van der Waals surface area contributed by atoms with Crippen molar-refractivity contribution in [3.05, 3.63) is 36.8 Å². The molecule has 0 aromatic carbocycles. The van der Waals surface area contributed by atoms with Crippen molar-refractivity contribution in [1.82, 2.24) is 0 Å². The Bertz CT molecular complexity index is 199. The van der Waals surface area contributed by atoms with Crippen LogP contribution >= 0.6 is 21.6 Å². The summed E-state index contributed by atoms with van der Waals surface area (Å²) in [5.74, 6) is 2.13. The molecule has 0 bridgehead atoms. The van der Waals surface area contributed by atoms with Crippen molar-refractivity contribution >= 4 is 32.4 Å². The molecule has 0 rings (SSSR count). The van der Waals surface area contributed by atoms with E-state index in [1.54, 1.807) is 27.7 Å². The van der Waals surface area contributed by atoms with Crippen molar-refractivity contribution in [2.75, 3.05) is 17.3 Å². The zero-order chi connectivity index (χ0) is 9.94. The molecule has 0 aromatic heterocycles. The Morgan fingerprint density at radius 1 is 1.23 bits per heavy atom. The molecule has 0 saturated heterocycles. The van der Waals surface area contributed by atoms with Crippen LogP contribution in [0.15, 0.2) is 36.8 Å². The molecule has 4 heteroatoms. The normalized spacial score (nSPS) is 12.9. The summed E-state index contributed by atoms with van der Waals surface area (Å²) in [6, 6.07) is 0. The third-order valence-corrected chi connectivity index (χ3v) is 4.12. The Kier molecular flexibility index (Phi) is 10.2. The predicted octanol–water partition coefficient (Wildman–Crippen LogP) is 3.00. The van der Waals surface area contributed by atoms with Gasteiger partial charge in [-0.2, -0.15) is 0 Å². The minimum absolute atomic E-state index is 0.578. The van der Waals surface area contributed by atoms with Crippen LogP contribution in [-0.4, -0.2) is 21.5 Å². The van der Waals surface area contributed by atoms with Crippen LogP contribution < -0.4 is 0 Å². The molecule has 1 atom stereocenters. The van der Waals surface area contributed by atoms with E-state index < -0.39 is 10.8 Å². The van der Waals surface area contributed by atoms with E-state index in [2.05, 4.69) is 13.2 Å². The maximum absolute atomic E-state index is 11.1. The molecule has 13 heavy (non-hydrogen) atoms. The molecular weight excluding hydrogens is 220 g/mol. The molecule has 1 nitrogen and oxygen atoms in total. The summed E-state index contributed by atoms with van der Waals surface area (Å²) < 4.78 is 11.1. The molecule has 0 saturated carbocycles. The van der Waals surface area contributed by atoms with Crippen molar-refractivity contribution in [2.45, 2.75) is 0 Å². The quantitative estimate of drug-likeness (QED) is 0.365. The first kappa shape index (κ1) is 13.1. The van der Waals surface area contributed by atoms with Gasteiger partial charge >= 0.3 is 0 Å². The molecule has 0 amide bonds. The van der Waals surface area contributed by atoms with Crippen molar-refractivity contribution < 1.29 is 4.21 Å². The molecule has 0 aliphatic rings. The van der Waals surface area contributed by atoms with Crippen molar-refractivity contribution in [3.63, 3.8) is 0 Å². The lowest BCUT2D eigenvalue weighted by Crippen LogP contribution is -1.96. The van der Waals surface area contributed by atoms with E-state index in [0.29, 0.717) is 11.5 Å². The highest BCUT2D eigenvalue weighted by atomic mass is 33.1. The van der Waals surface area contributed by atoms with Crippen LogP contribution in [0.1, 0.15) is 0 Å². The summed E-state index contributed by atoms with van der Waals surface area (Å²) in [5.41, 5.74) is 0. The topological polar surface area (TPSA) is 17.1 Å². The van der Waals surface area contributed by atoms with Gasteiger partial charge in [0.15, 0.2) is 0 Å². The molecule has 0 aromatic rings. The van der Waals surface area contributed by atoms with E-state index in [9.17, 15) is 4.21 Å². The highest BCUT2D eigenvalue weighted by molar-refractivity contribution is 8.77. The van der Waals surface area contributed by atoms with Gasteiger partial charge in [0.2, 0.25) is 0 Å². The Morgan fingerprint density at radius 3 is 2.62 bits per heavy atom. The highest BCUT2D eigenvalue weighted by Gasteiger charge is 1.90. The van der Waals surface area contributed by atoms with Gasteiger partial charge in [0.1, 0.15) is 0 Å². The zero-order valence-corrected chi connectivity index (χ0v) is 9.93. The fourth-order valence-corrected chi connectivity index (χ4v) is 2.77. The third kappa shape index (κ3) is 9.99. The Balaban J connectivity index is 3.34. The number of rotatable bonds is 8. The van der Waals surface area contributed by atoms with Gasteiger partial charge in [-0.05, 0) is 5.41 Å². The van der Waals surface area contributed by atoms with Crippen LogP contribution in [0.3, 0.4) is 0 Å². The van der Waals surface area contributed by atoms with E-state index in [1.807, 2.05) is 17.6 Å². The lowest BCUT2D eigenvalue weighted by molar-refractivity contribution is 0.687. The fraction of sp³-hybridized carbons (Fsp3) is 0.333. The average Bonchev–Trinajstić information content (AvgIpc) is 2.11.